The van der Waals surface area contributed by atoms with Gasteiger partial charge in [0, 0.05) is 29.2 Å². The lowest BCUT2D eigenvalue weighted by atomic mass is 9.97. The minimum atomic E-state index is -3.94. The van der Waals surface area contributed by atoms with E-state index in [1.54, 1.807) is 0 Å². The Kier molecular flexibility index (Phi) is 7.17. The first-order valence-electron chi connectivity index (χ1n) is 10.9. The van der Waals surface area contributed by atoms with Gasteiger partial charge in [-0.15, -0.1) is 11.8 Å². The van der Waals surface area contributed by atoms with E-state index in [1.165, 1.54) is 30.0 Å². The molecule has 2 aromatic rings. The van der Waals surface area contributed by atoms with Gasteiger partial charge in [-0.1, -0.05) is 25.0 Å². The summed E-state index contributed by atoms with van der Waals surface area (Å²) < 4.78 is 53.4. The number of carbonyl (C=O) groups is 1. The van der Waals surface area contributed by atoms with E-state index in [1.807, 2.05) is 36.0 Å². The molecule has 0 unspecified atom stereocenters. The fraction of sp³-hybridized carbons (Fsp3) is 0.435. The number of piperidine rings is 1. The Morgan fingerprint density at radius 2 is 1.66 bits per heavy atom. The third-order valence-electron chi connectivity index (χ3n) is 6.09. The molecule has 0 bridgehead atoms. The molecule has 172 valence electrons. The molecule has 1 heterocycles. The van der Waals surface area contributed by atoms with Crippen LogP contribution in [0.5, 0.6) is 0 Å². The quantitative estimate of drug-likeness (QED) is 0.629. The van der Waals surface area contributed by atoms with Crippen molar-refractivity contribution in [3.05, 3.63) is 54.1 Å². The SMILES string of the molecule is O=C(Nc1ccccc1SC1CCCC1)C1CCN(S(=O)(=O)c2ccc(F)c(F)c2)CC1. The van der Waals surface area contributed by atoms with Crippen LogP contribution >= 0.6 is 11.8 Å². The topological polar surface area (TPSA) is 66.5 Å². The molecule has 0 atom stereocenters. The summed E-state index contributed by atoms with van der Waals surface area (Å²) in [6, 6.07) is 10.4. The van der Waals surface area contributed by atoms with Gasteiger partial charge in [-0.25, -0.2) is 17.2 Å². The summed E-state index contributed by atoms with van der Waals surface area (Å²) in [6.07, 6.45) is 5.62. The Morgan fingerprint density at radius 3 is 2.34 bits per heavy atom. The molecule has 1 aliphatic heterocycles. The Morgan fingerprint density at radius 1 is 0.969 bits per heavy atom. The van der Waals surface area contributed by atoms with Crippen molar-refractivity contribution in [3.8, 4) is 0 Å². The number of hydrogen-bond donors (Lipinski definition) is 1. The van der Waals surface area contributed by atoms with Crippen LogP contribution in [0.25, 0.3) is 0 Å². The highest BCUT2D eigenvalue weighted by atomic mass is 32.2. The van der Waals surface area contributed by atoms with E-state index in [4.69, 9.17) is 0 Å². The summed E-state index contributed by atoms with van der Waals surface area (Å²) >= 11 is 1.81. The van der Waals surface area contributed by atoms with Crippen molar-refractivity contribution in [2.45, 2.75) is 53.6 Å². The summed E-state index contributed by atoms with van der Waals surface area (Å²) in [4.78, 5) is 13.7. The highest BCUT2D eigenvalue weighted by Crippen LogP contribution is 2.38. The van der Waals surface area contributed by atoms with Crippen LogP contribution in [0.3, 0.4) is 0 Å². The maximum atomic E-state index is 13.5. The normalized spacial score (nSPS) is 18.7. The van der Waals surface area contributed by atoms with Crippen molar-refractivity contribution in [2.24, 2.45) is 5.92 Å². The summed E-state index contributed by atoms with van der Waals surface area (Å²) in [6.45, 7) is 0.301. The molecule has 1 amide bonds. The second-order valence-electron chi connectivity index (χ2n) is 8.26. The number of amides is 1. The Balaban J connectivity index is 1.37. The first kappa shape index (κ1) is 23.2. The molecule has 1 saturated carbocycles. The van der Waals surface area contributed by atoms with Gasteiger partial charge in [0.15, 0.2) is 11.6 Å². The molecule has 1 N–H and O–H groups in total. The zero-order valence-electron chi connectivity index (χ0n) is 17.6. The van der Waals surface area contributed by atoms with Gasteiger partial charge in [0.05, 0.1) is 10.6 Å². The molecule has 4 rings (SSSR count). The fourth-order valence-corrected chi connectivity index (χ4v) is 7.05. The largest absolute Gasteiger partial charge is 0.325 e. The number of thioether (sulfide) groups is 1. The number of para-hydroxylation sites is 1. The molecule has 2 fully saturated rings. The number of anilines is 1. The van der Waals surface area contributed by atoms with Gasteiger partial charge in [0.1, 0.15) is 0 Å². The highest BCUT2D eigenvalue weighted by Gasteiger charge is 2.33. The number of nitrogens with zero attached hydrogens (tertiary/aromatic N) is 1. The lowest BCUT2D eigenvalue weighted by Crippen LogP contribution is -2.41. The number of nitrogens with one attached hydrogen (secondary N) is 1. The van der Waals surface area contributed by atoms with Crippen molar-refractivity contribution < 1.29 is 22.0 Å². The van der Waals surface area contributed by atoms with Crippen LogP contribution in [0.1, 0.15) is 38.5 Å². The van der Waals surface area contributed by atoms with Crippen LogP contribution in [0.2, 0.25) is 0 Å². The number of sulfonamides is 1. The predicted molar refractivity (Wildman–Crippen MR) is 121 cm³/mol. The van der Waals surface area contributed by atoms with E-state index < -0.39 is 21.7 Å². The van der Waals surface area contributed by atoms with Crippen molar-refractivity contribution in [1.29, 1.82) is 0 Å². The van der Waals surface area contributed by atoms with Crippen molar-refractivity contribution >= 4 is 33.4 Å². The summed E-state index contributed by atoms with van der Waals surface area (Å²) in [5.74, 6) is -2.72. The summed E-state index contributed by atoms with van der Waals surface area (Å²) in [5, 5.41) is 3.62. The van der Waals surface area contributed by atoms with E-state index in [-0.39, 0.29) is 29.8 Å². The zero-order chi connectivity index (χ0) is 22.7. The maximum absolute atomic E-state index is 13.5. The molecule has 1 aliphatic carbocycles. The Hall–Kier alpha value is -1.97. The minimum absolute atomic E-state index is 0.116. The Labute approximate surface area is 191 Å². The standard InChI is InChI=1S/C23H26F2N2O3S2/c24-19-10-9-18(15-20(19)25)32(29,30)27-13-11-16(12-14-27)23(28)26-21-7-3-4-8-22(21)31-17-5-1-2-6-17/h3-4,7-10,15-17H,1-2,5-6,11-14H2,(H,26,28). The van der Waals surface area contributed by atoms with Crippen molar-refractivity contribution in [1.82, 2.24) is 4.31 Å². The average molecular weight is 481 g/mol. The van der Waals surface area contributed by atoms with E-state index in [0.29, 0.717) is 24.2 Å². The van der Waals surface area contributed by atoms with Crippen LogP contribution in [0, 0.1) is 17.6 Å². The summed E-state index contributed by atoms with van der Waals surface area (Å²) in [5.41, 5.74) is 0.797. The molecule has 5 nitrogen and oxygen atoms in total. The van der Waals surface area contributed by atoms with Crippen LogP contribution in [0.4, 0.5) is 14.5 Å². The van der Waals surface area contributed by atoms with Crippen LogP contribution in [-0.4, -0.2) is 37.0 Å². The third kappa shape index (κ3) is 5.15. The number of benzene rings is 2. The maximum Gasteiger partial charge on any atom is 0.243 e. The van der Waals surface area contributed by atoms with Crippen LogP contribution < -0.4 is 5.32 Å². The fourth-order valence-electron chi connectivity index (χ4n) is 4.24. The molecule has 0 aromatic heterocycles. The first-order valence-corrected chi connectivity index (χ1v) is 13.2. The first-order chi connectivity index (χ1) is 15.3. The van der Waals surface area contributed by atoms with E-state index in [9.17, 15) is 22.0 Å². The van der Waals surface area contributed by atoms with Gasteiger partial charge in [-0.05, 0) is 56.0 Å². The molecule has 2 aliphatic rings. The second-order valence-corrected chi connectivity index (χ2v) is 11.5. The summed E-state index contributed by atoms with van der Waals surface area (Å²) in [7, 11) is -3.94. The van der Waals surface area contributed by atoms with Gasteiger partial charge in [-0.2, -0.15) is 4.31 Å². The van der Waals surface area contributed by atoms with Crippen molar-refractivity contribution in [3.63, 3.8) is 0 Å². The lowest BCUT2D eigenvalue weighted by Gasteiger charge is -2.30. The number of halogens is 2. The van der Waals surface area contributed by atoms with Gasteiger partial charge in [-0.3, -0.25) is 4.79 Å². The van der Waals surface area contributed by atoms with Crippen LogP contribution in [0.15, 0.2) is 52.3 Å². The molecule has 32 heavy (non-hydrogen) atoms. The van der Waals surface area contributed by atoms with Gasteiger partial charge < -0.3 is 5.32 Å². The van der Waals surface area contributed by atoms with Gasteiger partial charge >= 0.3 is 0 Å². The van der Waals surface area contributed by atoms with E-state index >= 15 is 0 Å². The van der Waals surface area contributed by atoms with Gasteiger partial charge in [0.2, 0.25) is 15.9 Å². The average Bonchev–Trinajstić information content (AvgIpc) is 3.30. The number of rotatable bonds is 6. The number of carbonyl (C=O) groups excluding carboxylic acids is 1. The number of hydrogen-bond acceptors (Lipinski definition) is 4. The molecule has 0 radical (unpaired) electrons. The molecule has 0 spiro atoms. The molecular formula is C23H26F2N2O3S2. The third-order valence-corrected chi connectivity index (χ3v) is 9.40. The lowest BCUT2D eigenvalue weighted by molar-refractivity contribution is -0.120. The monoisotopic (exact) mass is 480 g/mol. The molecule has 9 heteroatoms. The van der Waals surface area contributed by atoms with E-state index in [0.717, 1.165) is 22.7 Å². The van der Waals surface area contributed by atoms with Crippen LogP contribution in [-0.2, 0) is 14.8 Å². The minimum Gasteiger partial charge on any atom is -0.325 e. The molecule has 1 saturated heterocycles. The highest BCUT2D eigenvalue weighted by molar-refractivity contribution is 8.00. The predicted octanol–water partition coefficient (Wildman–Crippen LogP) is 5.04. The smallest absolute Gasteiger partial charge is 0.243 e. The zero-order valence-corrected chi connectivity index (χ0v) is 19.2. The Bertz CT molecular complexity index is 1080. The van der Waals surface area contributed by atoms with Crippen molar-refractivity contribution in [2.75, 3.05) is 18.4 Å². The van der Waals surface area contributed by atoms with Gasteiger partial charge in [0.25, 0.3) is 0 Å². The molecule has 2 aromatic carbocycles. The molecular weight excluding hydrogens is 454 g/mol. The van der Waals surface area contributed by atoms with E-state index in [2.05, 4.69) is 5.32 Å². The second kappa shape index (κ2) is 9.89.